The molecule has 0 saturated heterocycles. The third-order valence-corrected chi connectivity index (χ3v) is 4.00. The molecule has 2 N–H and O–H groups in total. The van der Waals surface area contributed by atoms with E-state index in [0.717, 1.165) is 17.7 Å². The normalized spacial score (nSPS) is 10.8. The van der Waals surface area contributed by atoms with Crippen molar-refractivity contribution in [2.45, 2.75) is 27.2 Å². The van der Waals surface area contributed by atoms with Gasteiger partial charge >= 0.3 is 0 Å². The number of amides is 2. The molecule has 0 heterocycles. The lowest BCUT2D eigenvalue weighted by Crippen LogP contribution is -2.40. The second-order valence-corrected chi connectivity index (χ2v) is 6.83. The van der Waals surface area contributed by atoms with Crippen LogP contribution in [0.1, 0.15) is 43.1 Å². The fraction of sp³-hybridized carbons (Fsp3) is 0.304. The van der Waals surface area contributed by atoms with Crippen LogP contribution < -0.4 is 20.3 Å². The van der Waals surface area contributed by atoms with Gasteiger partial charge in [-0.1, -0.05) is 26.0 Å². The number of hydrogen-bond donors (Lipinski definition) is 2. The number of ether oxygens (including phenoxy) is 2. The summed E-state index contributed by atoms with van der Waals surface area (Å²) in [6, 6.07) is 14.1. The van der Waals surface area contributed by atoms with E-state index in [2.05, 4.69) is 24.7 Å². The highest BCUT2D eigenvalue weighted by atomic mass is 16.5. The van der Waals surface area contributed by atoms with Crippen LogP contribution in [0.4, 0.5) is 0 Å². The first-order valence-corrected chi connectivity index (χ1v) is 9.72. The first-order valence-electron chi connectivity index (χ1n) is 9.72. The quantitative estimate of drug-likeness (QED) is 0.496. The Hall–Kier alpha value is -3.28. The van der Waals surface area contributed by atoms with Gasteiger partial charge < -0.3 is 9.47 Å². The molecule has 0 aliphatic heterocycles. The average Bonchev–Trinajstić information content (AvgIpc) is 2.72. The first kappa shape index (κ1) is 22.0. The van der Waals surface area contributed by atoms with Gasteiger partial charge in [-0.25, -0.2) is 0 Å². The minimum absolute atomic E-state index is 0.401. The molecule has 154 valence electrons. The number of carbonyl (C=O) groups excluding carboxylic acids is 2. The maximum absolute atomic E-state index is 12.1. The maximum Gasteiger partial charge on any atom is 0.269 e. The molecular weight excluding hydrogens is 368 g/mol. The van der Waals surface area contributed by atoms with E-state index in [0.29, 0.717) is 30.4 Å². The van der Waals surface area contributed by atoms with Crippen molar-refractivity contribution in [1.29, 1.82) is 0 Å². The molecule has 0 aromatic heterocycles. The van der Waals surface area contributed by atoms with Crippen molar-refractivity contribution in [3.63, 3.8) is 0 Å². The van der Waals surface area contributed by atoms with Crippen molar-refractivity contribution in [2.24, 2.45) is 5.92 Å². The highest BCUT2D eigenvalue weighted by molar-refractivity contribution is 5.97. The van der Waals surface area contributed by atoms with Crippen LogP contribution in [0.2, 0.25) is 0 Å². The molecular formula is C23H28N2O4. The smallest absolute Gasteiger partial charge is 0.269 e. The Kier molecular flexibility index (Phi) is 8.76. The summed E-state index contributed by atoms with van der Waals surface area (Å²) in [4.78, 5) is 24.0. The number of nitrogens with one attached hydrogen (secondary N) is 2. The Morgan fingerprint density at radius 1 is 0.931 bits per heavy atom. The Balaban J connectivity index is 1.78. The maximum atomic E-state index is 12.1. The summed E-state index contributed by atoms with van der Waals surface area (Å²) >= 11 is 0. The molecule has 0 spiro atoms. The topological polar surface area (TPSA) is 76.7 Å². The Labute approximate surface area is 171 Å². The number of hydrogen-bond acceptors (Lipinski definition) is 4. The van der Waals surface area contributed by atoms with Gasteiger partial charge in [0.05, 0.1) is 13.2 Å². The lowest BCUT2D eigenvalue weighted by atomic mass is 10.1. The SMILES string of the molecule is CCOc1ccc(/C=C/C(=O)NNC(=O)c2ccc(OCCC(C)C)cc2)cc1. The number of hydrazine groups is 1. The molecule has 2 rings (SSSR count). The summed E-state index contributed by atoms with van der Waals surface area (Å²) in [5, 5.41) is 0. The van der Waals surface area contributed by atoms with Crippen molar-refractivity contribution in [3.8, 4) is 11.5 Å². The zero-order valence-corrected chi connectivity index (χ0v) is 17.1. The summed E-state index contributed by atoms with van der Waals surface area (Å²) in [7, 11) is 0. The van der Waals surface area contributed by atoms with Crippen LogP contribution in [0.25, 0.3) is 6.08 Å². The predicted octanol–water partition coefficient (Wildman–Crippen LogP) is 3.98. The predicted molar refractivity (Wildman–Crippen MR) is 114 cm³/mol. The Bertz CT molecular complexity index is 812. The molecule has 0 radical (unpaired) electrons. The molecule has 0 aliphatic rings. The molecule has 0 bridgehead atoms. The third kappa shape index (κ3) is 8.09. The fourth-order valence-corrected chi connectivity index (χ4v) is 2.36. The largest absolute Gasteiger partial charge is 0.494 e. The van der Waals surface area contributed by atoms with Crippen molar-refractivity contribution in [1.82, 2.24) is 10.9 Å². The van der Waals surface area contributed by atoms with Crippen molar-refractivity contribution in [3.05, 3.63) is 65.7 Å². The van der Waals surface area contributed by atoms with E-state index in [4.69, 9.17) is 9.47 Å². The molecule has 2 aromatic carbocycles. The molecule has 0 atom stereocenters. The van der Waals surface area contributed by atoms with E-state index in [-0.39, 0.29) is 0 Å². The summed E-state index contributed by atoms with van der Waals surface area (Å²) in [5.41, 5.74) is 6.03. The van der Waals surface area contributed by atoms with Crippen LogP contribution in [0, 0.1) is 5.92 Å². The number of rotatable bonds is 9. The van der Waals surface area contributed by atoms with Gasteiger partial charge in [0, 0.05) is 11.6 Å². The Morgan fingerprint density at radius 3 is 2.17 bits per heavy atom. The summed E-state index contributed by atoms with van der Waals surface area (Å²) in [6.07, 6.45) is 3.97. The monoisotopic (exact) mass is 396 g/mol. The third-order valence-electron chi connectivity index (χ3n) is 4.00. The molecule has 0 saturated carbocycles. The molecule has 6 heteroatoms. The lowest BCUT2D eigenvalue weighted by Gasteiger charge is -2.09. The number of benzene rings is 2. The highest BCUT2D eigenvalue weighted by Gasteiger charge is 2.06. The van der Waals surface area contributed by atoms with Crippen LogP contribution >= 0.6 is 0 Å². The van der Waals surface area contributed by atoms with Crippen LogP contribution in [-0.4, -0.2) is 25.0 Å². The van der Waals surface area contributed by atoms with Crippen molar-refractivity contribution in [2.75, 3.05) is 13.2 Å². The zero-order valence-electron chi connectivity index (χ0n) is 17.1. The first-order chi connectivity index (χ1) is 14.0. The molecule has 0 fully saturated rings. The van der Waals surface area contributed by atoms with Crippen LogP contribution in [0.5, 0.6) is 11.5 Å². The van der Waals surface area contributed by atoms with Gasteiger partial charge in [-0.2, -0.15) is 0 Å². The van der Waals surface area contributed by atoms with E-state index in [1.54, 1.807) is 30.3 Å². The van der Waals surface area contributed by atoms with Crippen molar-refractivity contribution >= 4 is 17.9 Å². The zero-order chi connectivity index (χ0) is 21.1. The van der Waals surface area contributed by atoms with Gasteiger partial charge in [-0.05, 0) is 67.3 Å². The van der Waals surface area contributed by atoms with Gasteiger partial charge in [-0.3, -0.25) is 20.4 Å². The highest BCUT2D eigenvalue weighted by Crippen LogP contribution is 2.14. The second kappa shape index (κ2) is 11.5. The summed E-state index contributed by atoms with van der Waals surface area (Å²) in [6.45, 7) is 7.44. The van der Waals surface area contributed by atoms with Crippen LogP contribution in [0.3, 0.4) is 0 Å². The molecule has 2 amide bonds. The van der Waals surface area contributed by atoms with Gasteiger partial charge in [0.15, 0.2) is 0 Å². The fourth-order valence-electron chi connectivity index (χ4n) is 2.36. The van der Waals surface area contributed by atoms with E-state index >= 15 is 0 Å². The van der Waals surface area contributed by atoms with Gasteiger partial charge in [0.1, 0.15) is 11.5 Å². The van der Waals surface area contributed by atoms with E-state index in [1.165, 1.54) is 6.08 Å². The van der Waals surface area contributed by atoms with E-state index in [1.807, 2.05) is 31.2 Å². The minimum atomic E-state index is -0.430. The van der Waals surface area contributed by atoms with Gasteiger partial charge in [0.25, 0.3) is 11.8 Å². The molecule has 0 aliphatic carbocycles. The summed E-state index contributed by atoms with van der Waals surface area (Å²) in [5.74, 6) is 1.23. The van der Waals surface area contributed by atoms with Gasteiger partial charge in [0.2, 0.25) is 0 Å². The van der Waals surface area contributed by atoms with E-state index in [9.17, 15) is 9.59 Å². The van der Waals surface area contributed by atoms with Crippen LogP contribution in [-0.2, 0) is 4.79 Å². The molecule has 29 heavy (non-hydrogen) atoms. The summed E-state index contributed by atoms with van der Waals surface area (Å²) < 4.78 is 11.0. The Morgan fingerprint density at radius 2 is 1.55 bits per heavy atom. The lowest BCUT2D eigenvalue weighted by molar-refractivity contribution is -0.117. The van der Waals surface area contributed by atoms with Gasteiger partial charge in [-0.15, -0.1) is 0 Å². The molecule has 2 aromatic rings. The van der Waals surface area contributed by atoms with Crippen LogP contribution in [0.15, 0.2) is 54.6 Å². The standard InChI is InChI=1S/C23H28N2O4/c1-4-28-20-10-5-18(6-11-20)7-14-22(26)24-25-23(27)19-8-12-21(13-9-19)29-16-15-17(2)3/h5-14,17H,4,15-16H2,1-3H3,(H,24,26)(H,25,27)/b14-7+. The minimum Gasteiger partial charge on any atom is -0.494 e. The molecule has 0 unspecified atom stereocenters. The number of carbonyl (C=O) groups is 2. The molecule has 6 nitrogen and oxygen atoms in total. The van der Waals surface area contributed by atoms with E-state index < -0.39 is 11.8 Å². The van der Waals surface area contributed by atoms with Crippen molar-refractivity contribution < 1.29 is 19.1 Å². The second-order valence-electron chi connectivity index (χ2n) is 6.83. The average molecular weight is 396 g/mol.